The molecule has 0 aliphatic heterocycles. The molecule has 5 nitrogen and oxygen atoms in total. The van der Waals surface area contributed by atoms with Crippen molar-refractivity contribution in [1.82, 2.24) is 15.0 Å². The average Bonchev–Trinajstić information content (AvgIpc) is 2.50. The van der Waals surface area contributed by atoms with Gasteiger partial charge < -0.3 is 10.6 Å². The fraction of sp³-hybridized carbons (Fsp3) is 0. The van der Waals surface area contributed by atoms with Crippen molar-refractivity contribution in [3.05, 3.63) is 64.9 Å². The molecule has 7 heteroatoms. The van der Waals surface area contributed by atoms with Crippen molar-refractivity contribution in [3.63, 3.8) is 0 Å². The van der Waals surface area contributed by atoms with Crippen LogP contribution in [-0.2, 0) is 0 Å². The maximum atomic E-state index is 5.94. The van der Waals surface area contributed by atoms with Crippen molar-refractivity contribution >= 4 is 46.5 Å². The van der Waals surface area contributed by atoms with Crippen molar-refractivity contribution in [2.45, 2.75) is 0 Å². The Kier molecular flexibility index (Phi) is 4.37. The Morgan fingerprint density at radius 3 is 1.77 bits per heavy atom. The number of hydrogen-bond donors (Lipinski definition) is 2. The molecule has 0 aliphatic rings. The van der Waals surface area contributed by atoms with Crippen LogP contribution in [0.3, 0.4) is 0 Å². The Bertz CT molecular complexity index is 763. The Balaban J connectivity index is 1.82. The highest BCUT2D eigenvalue weighted by Gasteiger charge is 2.06. The highest BCUT2D eigenvalue weighted by molar-refractivity contribution is 6.30. The van der Waals surface area contributed by atoms with Crippen LogP contribution >= 0.6 is 23.2 Å². The molecule has 110 valence electrons. The molecular formula is C15H11Cl2N5. The van der Waals surface area contributed by atoms with E-state index in [9.17, 15) is 0 Å². The predicted molar refractivity (Wildman–Crippen MR) is 89.3 cm³/mol. The van der Waals surface area contributed by atoms with Gasteiger partial charge in [0.25, 0.3) is 0 Å². The summed E-state index contributed by atoms with van der Waals surface area (Å²) >= 11 is 11.8. The Morgan fingerprint density at radius 1 is 0.636 bits per heavy atom. The first kappa shape index (κ1) is 14.6. The fourth-order valence-electron chi connectivity index (χ4n) is 1.77. The predicted octanol–water partition coefficient (Wildman–Crippen LogP) is 4.67. The average molecular weight is 332 g/mol. The Morgan fingerprint density at radius 2 is 1.18 bits per heavy atom. The van der Waals surface area contributed by atoms with Crippen LogP contribution in [0.2, 0.25) is 10.3 Å². The largest absolute Gasteiger partial charge is 0.324 e. The number of aromatic nitrogens is 3. The van der Waals surface area contributed by atoms with Gasteiger partial charge in [0.1, 0.15) is 0 Å². The van der Waals surface area contributed by atoms with Gasteiger partial charge in [0.05, 0.1) is 0 Å². The second-order valence-electron chi connectivity index (χ2n) is 4.37. The maximum absolute atomic E-state index is 5.94. The zero-order chi connectivity index (χ0) is 15.4. The molecule has 3 aromatic rings. The third-order valence-electron chi connectivity index (χ3n) is 2.74. The van der Waals surface area contributed by atoms with Gasteiger partial charge in [0.2, 0.25) is 17.2 Å². The van der Waals surface area contributed by atoms with E-state index < -0.39 is 0 Å². The minimum absolute atomic E-state index is 0.102. The molecule has 0 aliphatic carbocycles. The van der Waals surface area contributed by atoms with Crippen molar-refractivity contribution < 1.29 is 0 Å². The molecule has 1 aromatic heterocycles. The fourth-order valence-corrected chi connectivity index (χ4v) is 2.06. The van der Waals surface area contributed by atoms with Gasteiger partial charge >= 0.3 is 0 Å². The molecule has 3 rings (SSSR count). The first-order chi connectivity index (χ1) is 10.7. The lowest BCUT2D eigenvalue weighted by atomic mass is 10.3. The lowest BCUT2D eigenvalue weighted by Crippen LogP contribution is -2.03. The van der Waals surface area contributed by atoms with Gasteiger partial charge in [-0.25, -0.2) is 0 Å². The molecule has 0 atom stereocenters. The molecule has 22 heavy (non-hydrogen) atoms. The molecule has 1 heterocycles. The Labute approximate surface area is 137 Å². The van der Waals surface area contributed by atoms with Gasteiger partial charge in [0.15, 0.2) is 0 Å². The van der Waals surface area contributed by atoms with E-state index >= 15 is 0 Å². The summed E-state index contributed by atoms with van der Waals surface area (Å²) in [5.41, 5.74) is 1.67. The van der Waals surface area contributed by atoms with Gasteiger partial charge in [-0.05, 0) is 48.0 Å². The molecule has 2 aromatic carbocycles. The van der Waals surface area contributed by atoms with E-state index in [2.05, 4.69) is 25.6 Å². The summed E-state index contributed by atoms with van der Waals surface area (Å²) in [5.74, 6) is 0.711. The molecule has 0 unspecified atom stereocenters. The quantitative estimate of drug-likeness (QED) is 0.727. The van der Waals surface area contributed by atoms with Crippen LogP contribution < -0.4 is 10.6 Å². The summed E-state index contributed by atoms with van der Waals surface area (Å²) < 4.78 is 0. The molecule has 2 N–H and O–H groups in total. The number of para-hydroxylation sites is 1. The number of rotatable bonds is 4. The number of halogens is 2. The monoisotopic (exact) mass is 331 g/mol. The zero-order valence-electron chi connectivity index (χ0n) is 11.3. The third-order valence-corrected chi connectivity index (χ3v) is 3.16. The zero-order valence-corrected chi connectivity index (χ0v) is 12.8. The van der Waals surface area contributed by atoms with E-state index in [4.69, 9.17) is 23.2 Å². The molecular weight excluding hydrogens is 321 g/mol. The molecule has 0 fully saturated rings. The van der Waals surface area contributed by atoms with Gasteiger partial charge in [-0.1, -0.05) is 29.8 Å². The number of anilines is 4. The summed E-state index contributed by atoms with van der Waals surface area (Å²) in [6.45, 7) is 0. The lowest BCUT2D eigenvalue weighted by Gasteiger charge is -2.08. The minimum atomic E-state index is 0.102. The number of nitrogens with one attached hydrogen (secondary N) is 2. The van der Waals surface area contributed by atoms with Crippen LogP contribution in [0, 0.1) is 0 Å². The van der Waals surface area contributed by atoms with E-state index in [0.29, 0.717) is 16.9 Å². The molecule has 0 saturated carbocycles. The molecule has 0 bridgehead atoms. The van der Waals surface area contributed by atoms with E-state index in [1.165, 1.54) is 0 Å². The highest BCUT2D eigenvalue weighted by atomic mass is 35.5. The highest BCUT2D eigenvalue weighted by Crippen LogP contribution is 2.19. The van der Waals surface area contributed by atoms with Gasteiger partial charge in [-0.3, -0.25) is 0 Å². The van der Waals surface area contributed by atoms with E-state index in [1.54, 1.807) is 12.1 Å². The summed E-state index contributed by atoms with van der Waals surface area (Å²) in [4.78, 5) is 12.4. The number of nitrogens with zero attached hydrogens (tertiary/aromatic N) is 3. The van der Waals surface area contributed by atoms with Crippen molar-refractivity contribution in [1.29, 1.82) is 0 Å². The first-order valence-corrected chi connectivity index (χ1v) is 7.21. The smallest absolute Gasteiger partial charge is 0.233 e. The second-order valence-corrected chi connectivity index (χ2v) is 5.15. The molecule has 0 spiro atoms. The number of hydrogen-bond acceptors (Lipinski definition) is 5. The van der Waals surface area contributed by atoms with Gasteiger partial charge in [-0.15, -0.1) is 0 Å². The molecule has 0 radical (unpaired) electrons. The van der Waals surface area contributed by atoms with Crippen LogP contribution in [0.4, 0.5) is 23.3 Å². The lowest BCUT2D eigenvalue weighted by molar-refractivity contribution is 1.06. The normalized spacial score (nSPS) is 10.3. The van der Waals surface area contributed by atoms with Crippen LogP contribution in [-0.4, -0.2) is 15.0 Å². The van der Waals surface area contributed by atoms with Crippen LogP contribution in [0.1, 0.15) is 0 Å². The topological polar surface area (TPSA) is 62.7 Å². The van der Waals surface area contributed by atoms with E-state index in [-0.39, 0.29) is 5.28 Å². The Hall–Kier alpha value is -2.37. The summed E-state index contributed by atoms with van der Waals surface area (Å²) in [6.07, 6.45) is 0. The minimum Gasteiger partial charge on any atom is -0.324 e. The maximum Gasteiger partial charge on any atom is 0.233 e. The van der Waals surface area contributed by atoms with Gasteiger partial charge in [0, 0.05) is 16.4 Å². The first-order valence-electron chi connectivity index (χ1n) is 6.45. The van der Waals surface area contributed by atoms with E-state index in [0.717, 1.165) is 11.4 Å². The molecule has 0 saturated heterocycles. The summed E-state index contributed by atoms with van der Waals surface area (Å²) in [5, 5.41) is 6.88. The second kappa shape index (κ2) is 6.60. The van der Waals surface area contributed by atoms with Crippen LogP contribution in [0.5, 0.6) is 0 Å². The van der Waals surface area contributed by atoms with Crippen LogP contribution in [0.25, 0.3) is 0 Å². The standard InChI is InChI=1S/C15H11Cl2N5/c16-10-6-8-12(9-7-10)19-15-21-13(17)20-14(22-15)18-11-4-2-1-3-5-11/h1-9H,(H2,18,19,20,21,22). The number of benzene rings is 2. The summed E-state index contributed by atoms with van der Waals surface area (Å²) in [6, 6.07) is 16.8. The van der Waals surface area contributed by atoms with Crippen molar-refractivity contribution in [2.75, 3.05) is 10.6 Å². The van der Waals surface area contributed by atoms with E-state index in [1.807, 2.05) is 42.5 Å². The third kappa shape index (κ3) is 3.84. The molecule has 0 amide bonds. The van der Waals surface area contributed by atoms with Crippen molar-refractivity contribution in [2.24, 2.45) is 0 Å². The van der Waals surface area contributed by atoms with Crippen LogP contribution in [0.15, 0.2) is 54.6 Å². The van der Waals surface area contributed by atoms with Crippen molar-refractivity contribution in [3.8, 4) is 0 Å². The van der Waals surface area contributed by atoms with Gasteiger partial charge in [-0.2, -0.15) is 15.0 Å². The summed E-state index contributed by atoms with van der Waals surface area (Å²) in [7, 11) is 0. The SMILES string of the molecule is Clc1ccc(Nc2nc(Cl)nc(Nc3ccccc3)n2)cc1.